The number of likely N-dealkylation sites (N-methyl/N-ethyl adjacent to an activating group) is 1. The van der Waals surface area contributed by atoms with Crippen LogP contribution in [0.2, 0.25) is 0 Å². The fraction of sp³-hybridized carbons (Fsp3) is 0.680. The van der Waals surface area contributed by atoms with Crippen LogP contribution in [0, 0.1) is 0 Å². The van der Waals surface area contributed by atoms with Gasteiger partial charge in [0.25, 0.3) is 0 Å². The Hall–Kier alpha value is -1.36. The van der Waals surface area contributed by atoms with Crippen LogP contribution in [0.3, 0.4) is 0 Å². The average molecular weight is 400 g/mol. The summed E-state index contributed by atoms with van der Waals surface area (Å²) in [5.41, 5.74) is 5.83. The molecule has 0 bridgehead atoms. The Kier molecular flexibility index (Phi) is 9.03. The van der Waals surface area contributed by atoms with Gasteiger partial charge >= 0.3 is 0 Å². The van der Waals surface area contributed by atoms with E-state index in [0.29, 0.717) is 5.92 Å². The molecule has 0 unspecified atom stereocenters. The third kappa shape index (κ3) is 6.31. The molecule has 0 spiro atoms. The highest BCUT2D eigenvalue weighted by Gasteiger charge is 2.22. The van der Waals surface area contributed by atoms with Crippen LogP contribution in [-0.4, -0.2) is 69.8 Å². The van der Waals surface area contributed by atoms with Gasteiger partial charge < -0.3 is 19.9 Å². The van der Waals surface area contributed by atoms with Crippen LogP contribution in [0.5, 0.6) is 0 Å². The van der Waals surface area contributed by atoms with Crippen molar-refractivity contribution in [3.05, 3.63) is 35.4 Å². The van der Waals surface area contributed by atoms with Crippen molar-refractivity contribution in [2.45, 2.75) is 51.4 Å². The molecule has 1 aliphatic heterocycles. The van der Waals surface area contributed by atoms with Crippen molar-refractivity contribution in [2.24, 2.45) is 0 Å². The number of allylic oxidation sites excluding steroid dienone is 2. The van der Waals surface area contributed by atoms with Gasteiger partial charge in [0, 0.05) is 45.0 Å². The molecule has 1 aromatic carbocycles. The molecule has 29 heavy (non-hydrogen) atoms. The maximum Gasteiger partial charge on any atom is 0.0589 e. The van der Waals surface area contributed by atoms with E-state index >= 15 is 0 Å². The van der Waals surface area contributed by atoms with E-state index in [9.17, 15) is 0 Å². The van der Waals surface area contributed by atoms with E-state index in [0.717, 1.165) is 26.2 Å². The van der Waals surface area contributed by atoms with Crippen molar-refractivity contribution in [3.8, 4) is 0 Å². The predicted octanol–water partition coefficient (Wildman–Crippen LogP) is 4.83. The third-order valence-electron chi connectivity index (χ3n) is 6.80. The number of nitrogens with zero attached hydrogens (tertiary/aromatic N) is 2. The zero-order chi connectivity index (χ0) is 20.5. The number of nitrogens with one attached hydrogen (secondary N) is 1. The van der Waals surface area contributed by atoms with Crippen molar-refractivity contribution < 1.29 is 4.74 Å². The first-order valence-corrected chi connectivity index (χ1v) is 11.7. The van der Waals surface area contributed by atoms with Gasteiger partial charge in [-0.1, -0.05) is 19.1 Å². The standard InChI is InChI=1S/C25H41N3O/c1-4-27(18-19-29-3)16-17-28-14-12-21(13-15-28)23-10-11-25(26-2)24(20-23)22-8-6-5-7-9-22/h8,10-11,20-21,26H,4-7,9,12-19H2,1-3H3. The summed E-state index contributed by atoms with van der Waals surface area (Å²) in [4.78, 5) is 5.15. The molecule has 3 rings (SSSR count). The normalized spacial score (nSPS) is 18.8. The van der Waals surface area contributed by atoms with Gasteiger partial charge in [0.2, 0.25) is 0 Å². The molecule has 1 aromatic rings. The zero-order valence-electron chi connectivity index (χ0n) is 18.9. The molecule has 1 heterocycles. The highest BCUT2D eigenvalue weighted by Crippen LogP contribution is 2.36. The monoisotopic (exact) mass is 399 g/mol. The Balaban J connectivity index is 1.56. The summed E-state index contributed by atoms with van der Waals surface area (Å²) in [6.45, 7) is 10.0. The summed E-state index contributed by atoms with van der Waals surface area (Å²) in [5, 5.41) is 3.41. The number of hydrogen-bond acceptors (Lipinski definition) is 4. The van der Waals surface area contributed by atoms with Crippen molar-refractivity contribution in [3.63, 3.8) is 0 Å². The van der Waals surface area contributed by atoms with E-state index in [4.69, 9.17) is 4.74 Å². The molecular formula is C25H41N3O. The largest absolute Gasteiger partial charge is 0.388 e. The van der Waals surface area contributed by atoms with Crippen LogP contribution in [0.25, 0.3) is 5.57 Å². The highest BCUT2D eigenvalue weighted by atomic mass is 16.5. The van der Waals surface area contributed by atoms with Gasteiger partial charge in [-0.15, -0.1) is 0 Å². The lowest BCUT2D eigenvalue weighted by Gasteiger charge is -2.34. The summed E-state index contributed by atoms with van der Waals surface area (Å²) in [6, 6.07) is 7.16. The number of rotatable bonds is 10. The number of anilines is 1. The molecule has 162 valence electrons. The fourth-order valence-electron chi connectivity index (χ4n) is 4.80. The second-order valence-electron chi connectivity index (χ2n) is 8.57. The van der Waals surface area contributed by atoms with Crippen LogP contribution in [0.15, 0.2) is 24.3 Å². The summed E-state index contributed by atoms with van der Waals surface area (Å²) in [6.07, 6.45) is 10.2. The first-order chi connectivity index (χ1) is 14.2. The minimum atomic E-state index is 0.705. The minimum absolute atomic E-state index is 0.705. The Morgan fingerprint density at radius 2 is 2.00 bits per heavy atom. The molecule has 1 saturated heterocycles. The number of methoxy groups -OCH3 is 1. The molecule has 0 radical (unpaired) electrons. The number of ether oxygens (including phenoxy) is 1. The van der Waals surface area contributed by atoms with Crippen LogP contribution < -0.4 is 5.32 Å². The number of likely N-dealkylation sites (tertiary alicyclic amines) is 1. The Labute approximate surface area is 178 Å². The smallest absolute Gasteiger partial charge is 0.0589 e. The first-order valence-electron chi connectivity index (χ1n) is 11.7. The molecule has 2 aliphatic rings. The lowest BCUT2D eigenvalue weighted by molar-refractivity contribution is 0.132. The van der Waals surface area contributed by atoms with E-state index < -0.39 is 0 Å². The lowest BCUT2D eigenvalue weighted by Crippen LogP contribution is -2.40. The minimum Gasteiger partial charge on any atom is -0.388 e. The lowest BCUT2D eigenvalue weighted by atomic mass is 9.85. The SMILES string of the molecule is CCN(CCOC)CCN1CCC(c2ccc(NC)c(C3=CCCCC3)c2)CC1. The van der Waals surface area contributed by atoms with Gasteiger partial charge in [-0.3, -0.25) is 0 Å². The van der Waals surface area contributed by atoms with E-state index in [2.05, 4.69) is 46.3 Å². The van der Waals surface area contributed by atoms with Gasteiger partial charge in [-0.2, -0.15) is 0 Å². The Morgan fingerprint density at radius 1 is 1.17 bits per heavy atom. The van der Waals surface area contributed by atoms with Crippen LogP contribution >= 0.6 is 0 Å². The predicted molar refractivity (Wildman–Crippen MR) is 125 cm³/mol. The number of piperidine rings is 1. The molecule has 0 amide bonds. The summed E-state index contributed by atoms with van der Waals surface area (Å²) in [7, 11) is 3.84. The summed E-state index contributed by atoms with van der Waals surface area (Å²) in [5.74, 6) is 0.705. The molecule has 1 N–H and O–H groups in total. The topological polar surface area (TPSA) is 27.7 Å². The molecule has 4 heteroatoms. The van der Waals surface area contributed by atoms with Gasteiger partial charge in [0.15, 0.2) is 0 Å². The molecule has 0 aromatic heterocycles. The first kappa shape index (κ1) is 22.3. The second-order valence-corrected chi connectivity index (χ2v) is 8.57. The van der Waals surface area contributed by atoms with Crippen molar-refractivity contribution in [2.75, 3.05) is 65.3 Å². The van der Waals surface area contributed by atoms with Gasteiger partial charge in [0.05, 0.1) is 6.61 Å². The second kappa shape index (κ2) is 11.7. The zero-order valence-corrected chi connectivity index (χ0v) is 18.9. The van der Waals surface area contributed by atoms with Gasteiger partial charge in [-0.05, 0) is 87.3 Å². The maximum absolute atomic E-state index is 5.24. The van der Waals surface area contributed by atoms with Crippen LogP contribution in [-0.2, 0) is 4.74 Å². The maximum atomic E-state index is 5.24. The van der Waals surface area contributed by atoms with E-state index in [1.807, 2.05) is 7.05 Å². The molecule has 1 fully saturated rings. The summed E-state index contributed by atoms with van der Waals surface area (Å²) < 4.78 is 5.24. The van der Waals surface area contributed by atoms with Crippen molar-refractivity contribution in [1.82, 2.24) is 9.80 Å². The third-order valence-corrected chi connectivity index (χ3v) is 6.80. The number of hydrogen-bond donors (Lipinski definition) is 1. The van der Waals surface area contributed by atoms with E-state index in [1.54, 1.807) is 18.2 Å². The summed E-state index contributed by atoms with van der Waals surface area (Å²) >= 11 is 0. The fourth-order valence-corrected chi connectivity index (χ4v) is 4.80. The van der Waals surface area contributed by atoms with Crippen molar-refractivity contribution in [1.29, 1.82) is 0 Å². The van der Waals surface area contributed by atoms with Gasteiger partial charge in [0.1, 0.15) is 0 Å². The molecule has 0 saturated carbocycles. The Morgan fingerprint density at radius 3 is 2.66 bits per heavy atom. The number of benzene rings is 1. The quantitative estimate of drug-likeness (QED) is 0.610. The van der Waals surface area contributed by atoms with Crippen LogP contribution in [0.4, 0.5) is 5.69 Å². The van der Waals surface area contributed by atoms with Gasteiger partial charge in [-0.25, -0.2) is 0 Å². The molecule has 4 nitrogen and oxygen atoms in total. The Bertz CT molecular complexity index is 649. The highest BCUT2D eigenvalue weighted by molar-refractivity contribution is 5.77. The molecule has 0 atom stereocenters. The average Bonchev–Trinajstić information content (AvgIpc) is 2.80. The molecular weight excluding hydrogens is 358 g/mol. The van der Waals surface area contributed by atoms with E-state index in [1.165, 1.54) is 69.4 Å². The molecule has 1 aliphatic carbocycles. The van der Waals surface area contributed by atoms with E-state index in [-0.39, 0.29) is 0 Å². The van der Waals surface area contributed by atoms with Crippen molar-refractivity contribution >= 4 is 11.3 Å². The van der Waals surface area contributed by atoms with Crippen LogP contribution in [0.1, 0.15) is 62.5 Å².